The van der Waals surface area contributed by atoms with Crippen LogP contribution in [0.3, 0.4) is 0 Å². The van der Waals surface area contributed by atoms with Gasteiger partial charge < -0.3 is 36.0 Å². The van der Waals surface area contributed by atoms with E-state index in [1.54, 1.807) is 0 Å². The van der Waals surface area contributed by atoms with Crippen LogP contribution in [0.25, 0.3) is 0 Å². The Bertz CT molecular complexity index is 443. The van der Waals surface area contributed by atoms with Gasteiger partial charge in [0.05, 0.1) is 18.3 Å². The standard InChI is InChI=1S/C24H49NO6.ClH/c1-2-3-4-5-6-7-8-9-10-11-12-13-14-20(26)21(27)15-16-25-19-17-22(28)23(29)24(30,31)18-19;/h19-23,25-31H,2-18H2,1H3;1H. The molecule has 0 heterocycles. The second kappa shape index (κ2) is 18.4. The van der Waals surface area contributed by atoms with E-state index in [0.29, 0.717) is 19.4 Å². The van der Waals surface area contributed by atoms with Crippen LogP contribution in [0.15, 0.2) is 0 Å². The fourth-order valence-corrected chi connectivity index (χ4v) is 4.47. The number of aliphatic hydroxyl groups is 6. The topological polar surface area (TPSA) is 133 Å². The molecule has 0 aliphatic heterocycles. The highest BCUT2D eigenvalue weighted by molar-refractivity contribution is 5.85. The van der Waals surface area contributed by atoms with E-state index in [1.807, 2.05) is 0 Å². The molecule has 1 saturated carbocycles. The third kappa shape index (κ3) is 13.7. The van der Waals surface area contributed by atoms with Crippen molar-refractivity contribution in [3.05, 3.63) is 0 Å². The summed E-state index contributed by atoms with van der Waals surface area (Å²) in [6.07, 6.45) is 11.8. The Morgan fingerprint density at radius 1 is 0.781 bits per heavy atom. The third-order valence-electron chi connectivity index (χ3n) is 6.58. The predicted molar refractivity (Wildman–Crippen MR) is 130 cm³/mol. The minimum absolute atomic E-state index is 0. The van der Waals surface area contributed by atoms with Gasteiger partial charge in [0.1, 0.15) is 6.10 Å². The summed E-state index contributed by atoms with van der Waals surface area (Å²) in [6.45, 7) is 2.63. The van der Waals surface area contributed by atoms with Crippen LogP contribution in [-0.2, 0) is 0 Å². The molecule has 8 heteroatoms. The second-order valence-electron chi connectivity index (χ2n) is 9.58. The van der Waals surface area contributed by atoms with Gasteiger partial charge in [-0.05, 0) is 25.8 Å². The van der Waals surface area contributed by atoms with E-state index >= 15 is 0 Å². The highest BCUT2D eigenvalue weighted by Crippen LogP contribution is 2.27. The molecular formula is C24H50ClNO6. The van der Waals surface area contributed by atoms with E-state index in [1.165, 1.54) is 64.2 Å². The van der Waals surface area contributed by atoms with Crippen LogP contribution in [0.4, 0.5) is 0 Å². The first kappa shape index (κ1) is 32.0. The zero-order valence-corrected chi connectivity index (χ0v) is 20.8. The minimum Gasteiger partial charge on any atom is -0.390 e. The molecule has 0 aromatic carbocycles. The highest BCUT2D eigenvalue weighted by Gasteiger charge is 2.45. The lowest BCUT2D eigenvalue weighted by Gasteiger charge is -2.40. The van der Waals surface area contributed by atoms with Crippen molar-refractivity contribution in [2.75, 3.05) is 6.54 Å². The molecular weight excluding hydrogens is 434 g/mol. The molecule has 5 atom stereocenters. The molecule has 0 bridgehead atoms. The number of aliphatic hydroxyl groups excluding tert-OH is 4. The van der Waals surface area contributed by atoms with Gasteiger partial charge in [-0.15, -0.1) is 12.4 Å². The van der Waals surface area contributed by atoms with Gasteiger partial charge in [-0.25, -0.2) is 0 Å². The molecule has 1 fully saturated rings. The van der Waals surface area contributed by atoms with Crippen molar-refractivity contribution in [2.45, 2.75) is 146 Å². The van der Waals surface area contributed by atoms with E-state index in [-0.39, 0.29) is 31.3 Å². The number of hydrogen-bond donors (Lipinski definition) is 7. The number of rotatable bonds is 18. The Morgan fingerprint density at radius 2 is 1.25 bits per heavy atom. The van der Waals surface area contributed by atoms with E-state index in [2.05, 4.69) is 12.2 Å². The third-order valence-corrected chi connectivity index (χ3v) is 6.58. The zero-order chi connectivity index (χ0) is 23.1. The fourth-order valence-electron chi connectivity index (χ4n) is 4.47. The molecule has 0 spiro atoms. The molecule has 0 aromatic rings. The Morgan fingerprint density at radius 3 is 1.75 bits per heavy atom. The lowest BCUT2D eigenvalue weighted by molar-refractivity contribution is -0.268. The Hall–Kier alpha value is 0.01000. The van der Waals surface area contributed by atoms with Crippen LogP contribution in [0.2, 0.25) is 0 Å². The van der Waals surface area contributed by atoms with Crippen LogP contribution in [0.1, 0.15) is 110 Å². The zero-order valence-electron chi connectivity index (χ0n) is 20.0. The van der Waals surface area contributed by atoms with Crippen molar-refractivity contribution >= 4 is 12.4 Å². The van der Waals surface area contributed by atoms with Crippen molar-refractivity contribution in [1.82, 2.24) is 5.32 Å². The Balaban J connectivity index is 0.00000961. The maximum atomic E-state index is 10.1. The van der Waals surface area contributed by atoms with Gasteiger partial charge in [0.2, 0.25) is 0 Å². The molecule has 5 unspecified atom stereocenters. The summed E-state index contributed by atoms with van der Waals surface area (Å²) in [5, 5.41) is 62.1. The quantitative estimate of drug-likeness (QED) is 0.118. The number of nitrogens with one attached hydrogen (secondary N) is 1. The van der Waals surface area contributed by atoms with Crippen molar-refractivity contribution < 1.29 is 30.6 Å². The first-order valence-electron chi connectivity index (χ1n) is 12.7. The van der Waals surface area contributed by atoms with E-state index < -0.39 is 30.2 Å². The van der Waals surface area contributed by atoms with Gasteiger partial charge in [0.25, 0.3) is 0 Å². The van der Waals surface area contributed by atoms with Gasteiger partial charge >= 0.3 is 0 Å². The Kier molecular flexibility index (Phi) is 18.4. The summed E-state index contributed by atoms with van der Waals surface area (Å²) >= 11 is 0. The fraction of sp³-hybridized carbons (Fsp3) is 1.00. The number of unbranched alkanes of at least 4 members (excludes halogenated alkanes) is 11. The molecule has 0 radical (unpaired) electrons. The SMILES string of the molecule is CCCCCCCCCCCCCCC(O)C(O)CCNC1CC(O)C(O)C(O)(O)C1.Cl. The van der Waals surface area contributed by atoms with E-state index in [0.717, 1.165) is 12.8 Å². The molecule has 1 rings (SSSR count). The maximum Gasteiger partial charge on any atom is 0.193 e. The monoisotopic (exact) mass is 483 g/mol. The lowest BCUT2D eigenvalue weighted by atomic mass is 9.85. The molecule has 7 nitrogen and oxygen atoms in total. The first-order valence-corrected chi connectivity index (χ1v) is 12.7. The van der Waals surface area contributed by atoms with Crippen molar-refractivity contribution in [1.29, 1.82) is 0 Å². The van der Waals surface area contributed by atoms with Gasteiger partial charge in [0.15, 0.2) is 5.79 Å². The van der Waals surface area contributed by atoms with E-state index in [9.17, 15) is 30.6 Å². The average molecular weight is 484 g/mol. The van der Waals surface area contributed by atoms with Crippen molar-refractivity contribution in [2.24, 2.45) is 0 Å². The largest absolute Gasteiger partial charge is 0.390 e. The Labute approximate surface area is 201 Å². The molecule has 194 valence electrons. The molecule has 1 aliphatic rings. The van der Waals surface area contributed by atoms with E-state index in [4.69, 9.17) is 0 Å². The summed E-state index contributed by atoms with van der Waals surface area (Å²) < 4.78 is 0. The van der Waals surface area contributed by atoms with Crippen LogP contribution in [-0.4, -0.2) is 73.4 Å². The van der Waals surface area contributed by atoms with Gasteiger partial charge in [-0.2, -0.15) is 0 Å². The normalized spacial score (nSPS) is 24.7. The average Bonchev–Trinajstić information content (AvgIpc) is 2.72. The second-order valence-corrected chi connectivity index (χ2v) is 9.58. The van der Waals surface area contributed by atoms with Gasteiger partial charge in [0, 0.05) is 12.5 Å². The lowest BCUT2D eigenvalue weighted by Crippen LogP contribution is -2.58. The molecule has 1 aliphatic carbocycles. The smallest absolute Gasteiger partial charge is 0.193 e. The van der Waals surface area contributed by atoms with Crippen molar-refractivity contribution in [3.8, 4) is 0 Å². The van der Waals surface area contributed by atoms with Crippen LogP contribution in [0, 0.1) is 0 Å². The summed E-state index contributed by atoms with van der Waals surface area (Å²) in [4.78, 5) is 0. The van der Waals surface area contributed by atoms with Crippen LogP contribution < -0.4 is 5.32 Å². The van der Waals surface area contributed by atoms with Gasteiger partial charge in [-0.3, -0.25) is 0 Å². The molecule has 32 heavy (non-hydrogen) atoms. The summed E-state index contributed by atoms with van der Waals surface area (Å²) in [5.74, 6) is -2.32. The van der Waals surface area contributed by atoms with Crippen LogP contribution in [0.5, 0.6) is 0 Å². The van der Waals surface area contributed by atoms with Crippen LogP contribution >= 0.6 is 12.4 Å². The minimum atomic E-state index is -2.32. The predicted octanol–water partition coefficient (Wildman–Crippen LogP) is 2.77. The summed E-state index contributed by atoms with van der Waals surface area (Å²) in [5.41, 5.74) is 0. The summed E-state index contributed by atoms with van der Waals surface area (Å²) in [7, 11) is 0. The molecule has 0 aromatic heterocycles. The highest BCUT2D eigenvalue weighted by atomic mass is 35.5. The molecule has 7 N–H and O–H groups in total. The maximum absolute atomic E-state index is 10.1. The molecule has 0 amide bonds. The first-order chi connectivity index (χ1) is 14.8. The molecule has 0 saturated heterocycles. The number of hydrogen-bond acceptors (Lipinski definition) is 7. The summed E-state index contributed by atoms with van der Waals surface area (Å²) in [6, 6.07) is -0.367. The van der Waals surface area contributed by atoms with Crippen molar-refractivity contribution in [3.63, 3.8) is 0 Å². The number of halogens is 1. The van der Waals surface area contributed by atoms with Gasteiger partial charge in [-0.1, -0.05) is 84.0 Å².